The van der Waals surface area contributed by atoms with Crippen molar-refractivity contribution in [2.45, 2.75) is 63.5 Å². The summed E-state index contributed by atoms with van der Waals surface area (Å²) in [6.07, 6.45) is 7.37. The molecule has 0 aliphatic carbocycles. The molecule has 2 aliphatic rings. The highest BCUT2D eigenvalue weighted by Gasteiger charge is 2.42. The van der Waals surface area contributed by atoms with E-state index in [4.69, 9.17) is 10.5 Å². The first-order valence-electron chi connectivity index (χ1n) is 8.80. The van der Waals surface area contributed by atoms with Gasteiger partial charge < -0.3 is 15.4 Å². The van der Waals surface area contributed by atoms with E-state index in [1.165, 1.54) is 64.7 Å². The molecule has 2 atom stereocenters. The molecule has 2 heterocycles. The Labute approximate surface area is 131 Å². The summed E-state index contributed by atoms with van der Waals surface area (Å²) in [5, 5.41) is 0. The van der Waals surface area contributed by atoms with Crippen LogP contribution >= 0.6 is 0 Å². The third-order valence-electron chi connectivity index (χ3n) is 5.75. The molecule has 2 saturated heterocycles. The Morgan fingerprint density at radius 1 is 1.10 bits per heavy atom. The van der Waals surface area contributed by atoms with E-state index in [-0.39, 0.29) is 11.1 Å². The van der Waals surface area contributed by atoms with E-state index in [0.29, 0.717) is 0 Å². The van der Waals surface area contributed by atoms with Gasteiger partial charge in [0.1, 0.15) is 0 Å². The van der Waals surface area contributed by atoms with E-state index in [2.05, 4.69) is 23.6 Å². The number of nitrogens with zero attached hydrogens (tertiary/aromatic N) is 2. The molecule has 2 fully saturated rings. The van der Waals surface area contributed by atoms with Crippen molar-refractivity contribution < 1.29 is 4.74 Å². The fourth-order valence-electron chi connectivity index (χ4n) is 4.20. The van der Waals surface area contributed by atoms with Crippen molar-refractivity contribution in [1.29, 1.82) is 0 Å². The van der Waals surface area contributed by atoms with Crippen LogP contribution in [-0.4, -0.2) is 67.3 Å². The number of hydrogen-bond donors (Lipinski definition) is 1. The quantitative estimate of drug-likeness (QED) is 0.843. The average Bonchev–Trinajstić information content (AvgIpc) is 2.71. The summed E-state index contributed by atoms with van der Waals surface area (Å²) >= 11 is 0. The fraction of sp³-hybridized carbons (Fsp3) is 1.00. The number of piperidine rings is 1. The van der Waals surface area contributed by atoms with Crippen molar-refractivity contribution in [3.05, 3.63) is 0 Å². The first-order valence-corrected chi connectivity index (χ1v) is 8.80. The van der Waals surface area contributed by atoms with E-state index >= 15 is 0 Å². The monoisotopic (exact) mass is 297 g/mol. The lowest BCUT2D eigenvalue weighted by Crippen LogP contribution is -2.61. The van der Waals surface area contributed by atoms with Gasteiger partial charge in [0.05, 0.1) is 5.60 Å². The normalized spacial score (nSPS) is 36.6. The van der Waals surface area contributed by atoms with Crippen LogP contribution < -0.4 is 5.73 Å². The third kappa shape index (κ3) is 3.98. The molecule has 4 heteroatoms. The first-order chi connectivity index (χ1) is 10.1. The topological polar surface area (TPSA) is 41.7 Å². The maximum absolute atomic E-state index is 6.29. The minimum absolute atomic E-state index is 0.00975. The highest BCUT2D eigenvalue weighted by Crippen LogP contribution is 2.34. The smallest absolute Gasteiger partial charge is 0.0777 e. The lowest BCUT2D eigenvalue weighted by molar-refractivity contribution is -0.0828. The Balaban J connectivity index is 2.06. The van der Waals surface area contributed by atoms with Gasteiger partial charge in [-0.3, -0.25) is 4.90 Å². The standard InChI is InChI=1S/C17H35N3O/c1-4-10-19-11-6-8-17(14-18,9-13-19)20-12-5-7-16(2,15-20)21-3/h4-15,18H2,1-3H3. The van der Waals surface area contributed by atoms with Crippen LogP contribution in [0.1, 0.15) is 52.4 Å². The van der Waals surface area contributed by atoms with E-state index in [1.807, 2.05) is 7.11 Å². The number of hydrogen-bond acceptors (Lipinski definition) is 4. The van der Waals surface area contributed by atoms with Crippen molar-refractivity contribution in [3.8, 4) is 0 Å². The lowest BCUT2D eigenvalue weighted by atomic mass is 9.83. The van der Waals surface area contributed by atoms with E-state index in [0.717, 1.165) is 13.1 Å². The van der Waals surface area contributed by atoms with E-state index < -0.39 is 0 Å². The van der Waals surface area contributed by atoms with Crippen LogP contribution in [0.5, 0.6) is 0 Å². The van der Waals surface area contributed by atoms with Gasteiger partial charge in [-0.25, -0.2) is 0 Å². The fourth-order valence-corrected chi connectivity index (χ4v) is 4.20. The van der Waals surface area contributed by atoms with Crippen LogP contribution in [0.4, 0.5) is 0 Å². The van der Waals surface area contributed by atoms with Gasteiger partial charge in [-0.1, -0.05) is 6.92 Å². The summed E-state index contributed by atoms with van der Waals surface area (Å²) in [4.78, 5) is 5.28. The highest BCUT2D eigenvalue weighted by molar-refractivity contribution is 4.99. The Morgan fingerprint density at radius 2 is 1.86 bits per heavy atom. The molecule has 0 radical (unpaired) electrons. The largest absolute Gasteiger partial charge is 0.377 e. The predicted octanol–water partition coefficient (Wildman–Crippen LogP) is 2.08. The minimum atomic E-state index is 0.00975. The summed E-state index contributed by atoms with van der Waals surface area (Å²) in [7, 11) is 1.86. The Hall–Kier alpha value is -0.160. The molecule has 124 valence electrons. The van der Waals surface area contributed by atoms with Crippen molar-refractivity contribution in [2.24, 2.45) is 5.73 Å². The van der Waals surface area contributed by atoms with Gasteiger partial charge in [0.2, 0.25) is 0 Å². The Kier molecular flexibility index (Phi) is 6.06. The molecule has 2 N–H and O–H groups in total. The molecule has 2 aliphatic heterocycles. The molecule has 21 heavy (non-hydrogen) atoms. The minimum Gasteiger partial charge on any atom is -0.377 e. The van der Waals surface area contributed by atoms with Gasteiger partial charge >= 0.3 is 0 Å². The summed E-state index contributed by atoms with van der Waals surface area (Å²) in [6.45, 7) is 11.2. The molecule has 0 aromatic heterocycles. The zero-order chi connectivity index (χ0) is 15.3. The number of ether oxygens (including phenoxy) is 1. The molecular formula is C17H35N3O. The van der Waals surface area contributed by atoms with Crippen molar-refractivity contribution in [1.82, 2.24) is 9.80 Å². The van der Waals surface area contributed by atoms with Gasteiger partial charge in [0, 0.05) is 25.7 Å². The average molecular weight is 297 g/mol. The second-order valence-electron chi connectivity index (χ2n) is 7.30. The SMILES string of the molecule is CCCN1CCCC(CN)(N2CCCC(C)(OC)C2)CC1. The molecule has 2 unspecified atom stereocenters. The zero-order valence-corrected chi connectivity index (χ0v) is 14.4. The van der Waals surface area contributed by atoms with Crippen LogP contribution in [0.3, 0.4) is 0 Å². The summed E-state index contributed by atoms with van der Waals surface area (Å²) in [6, 6.07) is 0. The first kappa shape index (κ1) is 17.2. The summed E-state index contributed by atoms with van der Waals surface area (Å²) in [5.74, 6) is 0. The van der Waals surface area contributed by atoms with E-state index in [1.54, 1.807) is 0 Å². The van der Waals surface area contributed by atoms with Gasteiger partial charge in [0.25, 0.3) is 0 Å². The molecular weight excluding hydrogens is 262 g/mol. The highest BCUT2D eigenvalue weighted by atomic mass is 16.5. The predicted molar refractivity (Wildman–Crippen MR) is 88.6 cm³/mol. The molecule has 0 saturated carbocycles. The van der Waals surface area contributed by atoms with Crippen molar-refractivity contribution >= 4 is 0 Å². The number of likely N-dealkylation sites (tertiary alicyclic amines) is 2. The van der Waals surface area contributed by atoms with Crippen LogP contribution in [0.25, 0.3) is 0 Å². The van der Waals surface area contributed by atoms with Gasteiger partial charge in [-0.15, -0.1) is 0 Å². The molecule has 0 amide bonds. The van der Waals surface area contributed by atoms with Crippen molar-refractivity contribution in [3.63, 3.8) is 0 Å². The third-order valence-corrected chi connectivity index (χ3v) is 5.75. The lowest BCUT2D eigenvalue weighted by Gasteiger charge is -2.50. The molecule has 0 aromatic rings. The Morgan fingerprint density at radius 3 is 2.52 bits per heavy atom. The summed E-state index contributed by atoms with van der Waals surface area (Å²) < 4.78 is 5.79. The molecule has 2 rings (SSSR count). The van der Waals surface area contributed by atoms with Crippen LogP contribution in [0.2, 0.25) is 0 Å². The van der Waals surface area contributed by atoms with Crippen LogP contribution in [-0.2, 0) is 4.74 Å². The van der Waals surface area contributed by atoms with E-state index in [9.17, 15) is 0 Å². The molecule has 0 spiro atoms. The second-order valence-corrected chi connectivity index (χ2v) is 7.30. The maximum atomic E-state index is 6.29. The van der Waals surface area contributed by atoms with Gasteiger partial charge in [-0.2, -0.15) is 0 Å². The number of methoxy groups -OCH3 is 1. The Bertz CT molecular complexity index is 325. The number of rotatable bonds is 5. The summed E-state index contributed by atoms with van der Waals surface area (Å²) in [5.41, 5.74) is 6.49. The van der Waals surface area contributed by atoms with Crippen molar-refractivity contribution in [2.75, 3.05) is 46.4 Å². The van der Waals surface area contributed by atoms with Gasteiger partial charge in [-0.05, 0) is 71.6 Å². The zero-order valence-electron chi connectivity index (χ0n) is 14.4. The maximum Gasteiger partial charge on any atom is 0.0777 e. The van der Waals surface area contributed by atoms with Crippen LogP contribution in [0, 0.1) is 0 Å². The molecule has 4 nitrogen and oxygen atoms in total. The molecule has 0 aromatic carbocycles. The number of nitrogens with two attached hydrogens (primary N) is 1. The second kappa shape index (κ2) is 7.40. The molecule has 0 bridgehead atoms. The van der Waals surface area contributed by atoms with Gasteiger partial charge in [0.15, 0.2) is 0 Å². The van der Waals surface area contributed by atoms with Crippen LogP contribution in [0.15, 0.2) is 0 Å².